The first-order valence-corrected chi connectivity index (χ1v) is 8.64. The van der Waals surface area contributed by atoms with Crippen molar-refractivity contribution in [1.82, 2.24) is 5.32 Å². The summed E-state index contributed by atoms with van der Waals surface area (Å²) >= 11 is 0. The van der Waals surface area contributed by atoms with Crippen molar-refractivity contribution in [3.63, 3.8) is 0 Å². The summed E-state index contributed by atoms with van der Waals surface area (Å²) in [5.41, 5.74) is 2.79. The van der Waals surface area contributed by atoms with Crippen LogP contribution in [0.5, 0.6) is 5.75 Å². The van der Waals surface area contributed by atoms with Crippen LogP contribution in [-0.2, 0) is 20.7 Å². The summed E-state index contributed by atoms with van der Waals surface area (Å²) in [6, 6.07) is 13.8. The maximum absolute atomic E-state index is 12.1. The Balaban J connectivity index is 1.66. The number of esters is 1. The summed E-state index contributed by atoms with van der Waals surface area (Å²) < 4.78 is 33.3. The molecule has 0 fully saturated rings. The first-order valence-electron chi connectivity index (χ1n) is 8.64. The summed E-state index contributed by atoms with van der Waals surface area (Å²) in [6.45, 7) is -0.964. The molecule has 5 nitrogen and oxygen atoms in total. The van der Waals surface area contributed by atoms with E-state index in [1.54, 1.807) is 18.2 Å². The van der Waals surface area contributed by atoms with Crippen molar-refractivity contribution in [3.8, 4) is 5.75 Å². The fraction of sp³-hybridized carbons (Fsp3) is 0.238. The van der Waals surface area contributed by atoms with Gasteiger partial charge < -0.3 is 14.8 Å². The molecule has 1 N–H and O–H groups in total. The Hall–Kier alpha value is -3.22. The highest BCUT2D eigenvalue weighted by Gasteiger charge is 2.06. The number of benzene rings is 2. The molecule has 0 aliphatic heterocycles. The number of alkyl halides is 2. The molecule has 148 valence electrons. The third-order valence-electron chi connectivity index (χ3n) is 3.68. The van der Waals surface area contributed by atoms with Crippen molar-refractivity contribution in [3.05, 3.63) is 71.3 Å². The molecule has 0 atom stereocenters. The Kier molecular flexibility index (Phi) is 8.14. The molecular weight excluding hydrogens is 368 g/mol. The third-order valence-corrected chi connectivity index (χ3v) is 3.68. The van der Waals surface area contributed by atoms with Crippen molar-refractivity contribution in [1.29, 1.82) is 0 Å². The predicted octanol–water partition coefficient (Wildman–Crippen LogP) is 3.51. The fourth-order valence-corrected chi connectivity index (χ4v) is 2.36. The quantitative estimate of drug-likeness (QED) is 0.527. The maximum Gasteiger partial charge on any atom is 0.387 e. The van der Waals surface area contributed by atoms with Gasteiger partial charge in [-0.25, -0.2) is 4.79 Å². The highest BCUT2D eigenvalue weighted by molar-refractivity contribution is 5.89. The van der Waals surface area contributed by atoms with Crippen molar-refractivity contribution < 1.29 is 27.8 Å². The number of hydrogen-bond acceptors (Lipinski definition) is 4. The second kappa shape index (κ2) is 10.8. The fourth-order valence-electron chi connectivity index (χ4n) is 2.36. The van der Waals surface area contributed by atoms with E-state index >= 15 is 0 Å². The molecule has 1 amide bonds. The molecule has 0 unspecified atom stereocenters. The smallest absolute Gasteiger partial charge is 0.387 e. The Morgan fingerprint density at radius 3 is 2.57 bits per heavy atom. The van der Waals surface area contributed by atoms with Gasteiger partial charge in [0.05, 0.1) is 0 Å². The van der Waals surface area contributed by atoms with Crippen LogP contribution in [0.1, 0.15) is 16.7 Å². The molecule has 0 radical (unpaired) electrons. The molecule has 0 aliphatic rings. The van der Waals surface area contributed by atoms with E-state index in [0.29, 0.717) is 13.0 Å². The van der Waals surface area contributed by atoms with E-state index < -0.39 is 18.5 Å². The van der Waals surface area contributed by atoms with Crippen LogP contribution in [0.25, 0.3) is 6.08 Å². The molecule has 28 heavy (non-hydrogen) atoms. The van der Waals surface area contributed by atoms with Crippen LogP contribution >= 0.6 is 0 Å². The van der Waals surface area contributed by atoms with E-state index in [2.05, 4.69) is 10.1 Å². The number of carbonyl (C=O) groups is 2. The summed E-state index contributed by atoms with van der Waals surface area (Å²) in [5.74, 6) is -0.949. The minimum Gasteiger partial charge on any atom is -0.452 e. The van der Waals surface area contributed by atoms with Crippen LogP contribution < -0.4 is 10.1 Å². The first kappa shape index (κ1) is 21.1. The standard InChI is InChI=1S/C21H21F2NO4/c1-15-3-2-4-17(13-15)7-10-20(26)27-14-19(25)24-12-11-16-5-8-18(9-6-16)28-21(22)23/h2-10,13,21H,11-12,14H2,1H3,(H,24,25)/b10-7+. The molecule has 7 heteroatoms. The number of amides is 1. The predicted molar refractivity (Wildman–Crippen MR) is 101 cm³/mol. The topological polar surface area (TPSA) is 64.6 Å². The van der Waals surface area contributed by atoms with Gasteiger partial charge in [-0.15, -0.1) is 0 Å². The van der Waals surface area contributed by atoms with Gasteiger partial charge in [0.1, 0.15) is 5.75 Å². The van der Waals surface area contributed by atoms with Crippen LogP contribution in [0.15, 0.2) is 54.6 Å². The van der Waals surface area contributed by atoms with E-state index in [4.69, 9.17) is 4.74 Å². The van der Waals surface area contributed by atoms with E-state index in [0.717, 1.165) is 16.7 Å². The molecule has 0 spiro atoms. The van der Waals surface area contributed by atoms with E-state index in [-0.39, 0.29) is 12.4 Å². The number of ether oxygens (including phenoxy) is 2. The lowest BCUT2D eigenvalue weighted by Gasteiger charge is -2.07. The Labute approximate surface area is 162 Å². The van der Waals surface area contributed by atoms with Crippen molar-refractivity contribution in [2.24, 2.45) is 0 Å². The van der Waals surface area contributed by atoms with Crippen LogP contribution in [-0.4, -0.2) is 31.6 Å². The minimum absolute atomic E-state index is 0.0772. The summed E-state index contributed by atoms with van der Waals surface area (Å²) in [6.07, 6.45) is 3.39. The average molecular weight is 389 g/mol. The molecular formula is C21H21F2NO4. The van der Waals surface area contributed by atoms with Gasteiger partial charge in [-0.3, -0.25) is 4.79 Å². The van der Waals surface area contributed by atoms with Gasteiger partial charge in [-0.05, 0) is 42.7 Å². The summed E-state index contributed by atoms with van der Waals surface area (Å²) in [7, 11) is 0. The number of carbonyl (C=O) groups excluding carboxylic acids is 2. The average Bonchev–Trinajstić information content (AvgIpc) is 2.66. The Morgan fingerprint density at radius 2 is 1.89 bits per heavy atom. The molecule has 0 saturated heterocycles. The summed E-state index contributed by atoms with van der Waals surface area (Å²) in [5, 5.41) is 2.62. The van der Waals surface area contributed by atoms with Gasteiger partial charge in [-0.1, -0.05) is 42.0 Å². The summed E-state index contributed by atoms with van der Waals surface area (Å²) in [4.78, 5) is 23.4. The zero-order chi connectivity index (χ0) is 20.4. The Bertz CT molecular complexity index is 819. The SMILES string of the molecule is Cc1cccc(/C=C/C(=O)OCC(=O)NCCc2ccc(OC(F)F)cc2)c1. The highest BCUT2D eigenvalue weighted by atomic mass is 19.3. The first-order chi connectivity index (χ1) is 13.4. The monoisotopic (exact) mass is 389 g/mol. The molecule has 0 saturated carbocycles. The van der Waals surface area contributed by atoms with Crippen molar-refractivity contribution >= 4 is 18.0 Å². The van der Waals surface area contributed by atoms with E-state index in [9.17, 15) is 18.4 Å². The van der Waals surface area contributed by atoms with E-state index in [1.807, 2.05) is 31.2 Å². The molecule has 2 rings (SSSR count). The molecule has 0 aromatic heterocycles. The van der Waals surface area contributed by atoms with Crippen molar-refractivity contribution in [2.75, 3.05) is 13.2 Å². The van der Waals surface area contributed by atoms with Gasteiger partial charge in [0, 0.05) is 12.6 Å². The normalized spacial score (nSPS) is 10.9. The molecule has 0 bridgehead atoms. The van der Waals surface area contributed by atoms with Gasteiger partial charge in [0.15, 0.2) is 6.61 Å². The maximum atomic E-state index is 12.1. The zero-order valence-corrected chi connectivity index (χ0v) is 15.4. The van der Waals surface area contributed by atoms with Crippen LogP contribution in [0, 0.1) is 6.92 Å². The lowest BCUT2D eigenvalue weighted by molar-refractivity contribution is -0.143. The number of hydrogen-bond donors (Lipinski definition) is 1. The van der Waals surface area contributed by atoms with Gasteiger partial charge in [-0.2, -0.15) is 8.78 Å². The number of halogens is 2. The highest BCUT2D eigenvalue weighted by Crippen LogP contribution is 2.15. The van der Waals surface area contributed by atoms with Crippen LogP contribution in [0.2, 0.25) is 0 Å². The molecule has 0 heterocycles. The second-order valence-corrected chi connectivity index (χ2v) is 5.98. The number of aryl methyl sites for hydroxylation is 1. The number of nitrogens with one attached hydrogen (secondary N) is 1. The van der Waals surface area contributed by atoms with Gasteiger partial charge in [0.25, 0.3) is 5.91 Å². The van der Waals surface area contributed by atoms with Gasteiger partial charge in [0.2, 0.25) is 0 Å². The van der Waals surface area contributed by atoms with Crippen LogP contribution in [0.3, 0.4) is 0 Å². The Morgan fingerprint density at radius 1 is 1.14 bits per heavy atom. The van der Waals surface area contributed by atoms with E-state index in [1.165, 1.54) is 18.2 Å². The molecule has 2 aromatic carbocycles. The number of rotatable bonds is 9. The van der Waals surface area contributed by atoms with Gasteiger partial charge >= 0.3 is 12.6 Å². The largest absolute Gasteiger partial charge is 0.452 e. The second-order valence-electron chi connectivity index (χ2n) is 5.98. The third kappa shape index (κ3) is 7.99. The van der Waals surface area contributed by atoms with Crippen molar-refractivity contribution in [2.45, 2.75) is 20.0 Å². The lowest BCUT2D eigenvalue weighted by atomic mass is 10.1. The minimum atomic E-state index is -2.86. The zero-order valence-electron chi connectivity index (χ0n) is 15.4. The van der Waals surface area contributed by atoms with Crippen LogP contribution in [0.4, 0.5) is 8.78 Å². The molecule has 2 aromatic rings. The lowest BCUT2D eigenvalue weighted by Crippen LogP contribution is -2.30. The molecule has 0 aliphatic carbocycles.